The quantitative estimate of drug-likeness (QED) is 0.889. The van der Waals surface area contributed by atoms with Gasteiger partial charge in [-0.1, -0.05) is 51.1 Å². The van der Waals surface area contributed by atoms with Gasteiger partial charge in [-0.2, -0.15) is 0 Å². The maximum atomic E-state index is 9.69. The standard InChI is InChI=1S/C18H22O2/c1-18(2,3)17-10-13(12-20-4)8-9-16(17)14-6-5-7-15(19)11-14/h5-11,19H,12H2,1-4H3. The van der Waals surface area contributed by atoms with Crippen LogP contribution in [0.25, 0.3) is 11.1 Å². The Morgan fingerprint density at radius 1 is 1.05 bits per heavy atom. The van der Waals surface area contributed by atoms with Crippen LogP contribution < -0.4 is 0 Å². The number of methoxy groups -OCH3 is 1. The molecule has 2 aromatic carbocycles. The predicted molar refractivity (Wildman–Crippen MR) is 83.0 cm³/mol. The SMILES string of the molecule is COCc1ccc(-c2cccc(O)c2)c(C(C)(C)C)c1. The third-order valence-corrected chi connectivity index (χ3v) is 3.36. The summed E-state index contributed by atoms with van der Waals surface area (Å²) in [5.41, 5.74) is 4.66. The molecular formula is C18H22O2. The molecule has 2 nitrogen and oxygen atoms in total. The van der Waals surface area contributed by atoms with Crippen LogP contribution in [0.5, 0.6) is 5.75 Å². The lowest BCUT2D eigenvalue weighted by Gasteiger charge is -2.24. The zero-order valence-corrected chi connectivity index (χ0v) is 12.6. The Balaban J connectivity index is 2.57. The minimum Gasteiger partial charge on any atom is -0.508 e. The van der Waals surface area contributed by atoms with E-state index in [2.05, 4.69) is 39.0 Å². The van der Waals surface area contributed by atoms with E-state index in [1.807, 2.05) is 12.1 Å². The summed E-state index contributed by atoms with van der Waals surface area (Å²) in [6, 6.07) is 13.8. The highest BCUT2D eigenvalue weighted by Crippen LogP contribution is 2.35. The van der Waals surface area contributed by atoms with Gasteiger partial charge in [0, 0.05) is 7.11 Å². The van der Waals surface area contributed by atoms with E-state index < -0.39 is 0 Å². The van der Waals surface area contributed by atoms with Gasteiger partial charge in [-0.25, -0.2) is 0 Å². The van der Waals surface area contributed by atoms with Crippen LogP contribution in [0.4, 0.5) is 0 Å². The molecule has 0 spiro atoms. The Labute approximate surface area is 121 Å². The molecule has 0 aliphatic rings. The monoisotopic (exact) mass is 270 g/mol. The lowest BCUT2D eigenvalue weighted by Crippen LogP contribution is -2.13. The van der Waals surface area contributed by atoms with Crippen LogP contribution in [-0.4, -0.2) is 12.2 Å². The van der Waals surface area contributed by atoms with Crippen molar-refractivity contribution in [2.75, 3.05) is 7.11 Å². The molecule has 0 saturated heterocycles. The summed E-state index contributed by atoms with van der Waals surface area (Å²) >= 11 is 0. The van der Waals surface area contributed by atoms with E-state index in [0.29, 0.717) is 12.4 Å². The summed E-state index contributed by atoms with van der Waals surface area (Å²) in [5.74, 6) is 0.295. The number of rotatable bonds is 3. The fraction of sp³-hybridized carbons (Fsp3) is 0.333. The molecule has 20 heavy (non-hydrogen) atoms. The van der Waals surface area contributed by atoms with Crippen molar-refractivity contribution in [1.82, 2.24) is 0 Å². The van der Waals surface area contributed by atoms with Crippen molar-refractivity contribution in [2.45, 2.75) is 32.8 Å². The Morgan fingerprint density at radius 2 is 1.80 bits per heavy atom. The van der Waals surface area contributed by atoms with E-state index in [0.717, 1.165) is 11.1 Å². The van der Waals surface area contributed by atoms with Crippen molar-refractivity contribution < 1.29 is 9.84 Å². The van der Waals surface area contributed by atoms with Crippen LogP contribution >= 0.6 is 0 Å². The van der Waals surface area contributed by atoms with Gasteiger partial charge in [-0.05, 0) is 39.8 Å². The molecule has 0 atom stereocenters. The zero-order chi connectivity index (χ0) is 14.8. The first-order chi connectivity index (χ1) is 9.41. The molecule has 0 radical (unpaired) electrons. The van der Waals surface area contributed by atoms with Crippen molar-refractivity contribution in [2.24, 2.45) is 0 Å². The van der Waals surface area contributed by atoms with Crippen LogP contribution in [0, 0.1) is 0 Å². The normalized spacial score (nSPS) is 11.6. The first-order valence-electron chi connectivity index (χ1n) is 6.83. The summed E-state index contributed by atoms with van der Waals surface area (Å²) in [5, 5.41) is 9.69. The minimum atomic E-state index is 0.0323. The molecule has 0 saturated carbocycles. The Hall–Kier alpha value is -1.80. The van der Waals surface area contributed by atoms with Crippen LogP contribution in [0.3, 0.4) is 0 Å². The van der Waals surface area contributed by atoms with E-state index in [-0.39, 0.29) is 5.41 Å². The van der Waals surface area contributed by atoms with Gasteiger partial charge in [0.05, 0.1) is 6.61 Å². The van der Waals surface area contributed by atoms with Gasteiger partial charge in [0.15, 0.2) is 0 Å². The van der Waals surface area contributed by atoms with Crippen molar-refractivity contribution in [3.8, 4) is 16.9 Å². The van der Waals surface area contributed by atoms with Gasteiger partial charge in [0.2, 0.25) is 0 Å². The molecule has 0 bridgehead atoms. The third-order valence-electron chi connectivity index (χ3n) is 3.36. The molecule has 106 valence electrons. The number of hydrogen-bond donors (Lipinski definition) is 1. The number of hydrogen-bond acceptors (Lipinski definition) is 2. The second kappa shape index (κ2) is 5.68. The highest BCUT2D eigenvalue weighted by atomic mass is 16.5. The molecular weight excluding hydrogens is 248 g/mol. The molecule has 0 aliphatic carbocycles. The molecule has 0 heterocycles. The minimum absolute atomic E-state index is 0.0323. The van der Waals surface area contributed by atoms with E-state index in [4.69, 9.17) is 4.74 Å². The summed E-state index contributed by atoms with van der Waals surface area (Å²) in [6.45, 7) is 7.21. The highest BCUT2D eigenvalue weighted by Gasteiger charge is 2.19. The average Bonchev–Trinajstić information content (AvgIpc) is 2.38. The second-order valence-electron chi connectivity index (χ2n) is 6.11. The van der Waals surface area contributed by atoms with E-state index >= 15 is 0 Å². The Kier molecular flexibility index (Phi) is 4.15. The molecule has 0 aromatic heterocycles. The maximum Gasteiger partial charge on any atom is 0.116 e. The zero-order valence-electron chi connectivity index (χ0n) is 12.6. The molecule has 1 N–H and O–H groups in total. The number of benzene rings is 2. The number of phenolic OH excluding ortho intramolecular Hbond substituents is 1. The first-order valence-corrected chi connectivity index (χ1v) is 6.83. The fourth-order valence-corrected chi connectivity index (χ4v) is 2.39. The lowest BCUT2D eigenvalue weighted by molar-refractivity contribution is 0.185. The average molecular weight is 270 g/mol. The summed E-state index contributed by atoms with van der Waals surface area (Å²) in [7, 11) is 1.71. The van der Waals surface area contributed by atoms with Crippen LogP contribution in [0.15, 0.2) is 42.5 Å². The van der Waals surface area contributed by atoms with E-state index in [1.165, 1.54) is 11.1 Å². The van der Waals surface area contributed by atoms with Gasteiger partial charge in [-0.3, -0.25) is 0 Å². The summed E-state index contributed by atoms with van der Waals surface area (Å²) in [6.07, 6.45) is 0. The lowest BCUT2D eigenvalue weighted by atomic mass is 9.81. The van der Waals surface area contributed by atoms with Gasteiger partial charge in [-0.15, -0.1) is 0 Å². The third kappa shape index (κ3) is 3.20. The van der Waals surface area contributed by atoms with Crippen LogP contribution in [0.1, 0.15) is 31.9 Å². The molecule has 0 amide bonds. The topological polar surface area (TPSA) is 29.5 Å². The first kappa shape index (κ1) is 14.6. The summed E-state index contributed by atoms with van der Waals surface area (Å²) in [4.78, 5) is 0. The molecule has 2 heteroatoms. The Morgan fingerprint density at radius 3 is 2.40 bits per heavy atom. The number of aromatic hydroxyl groups is 1. The number of phenols is 1. The maximum absolute atomic E-state index is 9.69. The molecule has 0 aliphatic heterocycles. The van der Waals surface area contributed by atoms with Crippen molar-refractivity contribution >= 4 is 0 Å². The smallest absolute Gasteiger partial charge is 0.116 e. The van der Waals surface area contributed by atoms with E-state index in [1.54, 1.807) is 19.2 Å². The van der Waals surface area contributed by atoms with Gasteiger partial charge in [0.1, 0.15) is 5.75 Å². The second-order valence-corrected chi connectivity index (χ2v) is 6.11. The summed E-state index contributed by atoms with van der Waals surface area (Å²) < 4.78 is 5.22. The molecule has 2 aromatic rings. The predicted octanol–water partition coefficient (Wildman–Crippen LogP) is 4.50. The van der Waals surface area contributed by atoms with Crippen LogP contribution in [0.2, 0.25) is 0 Å². The molecule has 0 fully saturated rings. The van der Waals surface area contributed by atoms with Gasteiger partial charge < -0.3 is 9.84 Å². The van der Waals surface area contributed by atoms with Gasteiger partial charge in [0.25, 0.3) is 0 Å². The van der Waals surface area contributed by atoms with Gasteiger partial charge >= 0.3 is 0 Å². The van der Waals surface area contributed by atoms with E-state index in [9.17, 15) is 5.11 Å². The molecule has 2 rings (SSSR count). The number of ether oxygens (including phenoxy) is 1. The largest absolute Gasteiger partial charge is 0.508 e. The molecule has 0 unspecified atom stereocenters. The fourth-order valence-electron chi connectivity index (χ4n) is 2.39. The van der Waals surface area contributed by atoms with Crippen molar-refractivity contribution in [3.63, 3.8) is 0 Å². The van der Waals surface area contributed by atoms with Crippen molar-refractivity contribution in [3.05, 3.63) is 53.6 Å². The van der Waals surface area contributed by atoms with Crippen LogP contribution in [-0.2, 0) is 16.8 Å². The Bertz CT molecular complexity index is 595. The van der Waals surface area contributed by atoms with Crippen molar-refractivity contribution in [1.29, 1.82) is 0 Å². The highest BCUT2D eigenvalue weighted by molar-refractivity contribution is 5.70.